The van der Waals surface area contributed by atoms with Crippen LogP contribution in [0.1, 0.15) is 24.2 Å². The highest BCUT2D eigenvalue weighted by Gasteiger charge is 2.28. The first kappa shape index (κ1) is 17.3. The zero-order chi connectivity index (χ0) is 16.2. The summed E-state index contributed by atoms with van der Waals surface area (Å²) in [7, 11) is 0. The maximum absolute atomic E-state index is 12.1. The Hall–Kier alpha value is -1.79. The number of halogens is 2. The average Bonchev–Trinajstić information content (AvgIpc) is 2.37. The van der Waals surface area contributed by atoms with E-state index in [0.29, 0.717) is 5.02 Å². The van der Waals surface area contributed by atoms with E-state index in [1.54, 1.807) is 13.8 Å². The van der Waals surface area contributed by atoms with Gasteiger partial charge in [0.2, 0.25) is 0 Å². The van der Waals surface area contributed by atoms with Crippen LogP contribution in [0.15, 0.2) is 18.2 Å². The second kappa shape index (κ2) is 7.28. The Morgan fingerprint density at radius 3 is 2.38 bits per heavy atom. The van der Waals surface area contributed by atoms with Gasteiger partial charge >= 0.3 is 12.0 Å². The van der Waals surface area contributed by atoms with Crippen molar-refractivity contribution < 1.29 is 19.1 Å². The molecule has 21 heavy (non-hydrogen) atoms. The predicted molar refractivity (Wildman–Crippen MR) is 78.2 cm³/mol. The molecule has 0 fully saturated rings. The van der Waals surface area contributed by atoms with Crippen molar-refractivity contribution in [3.8, 4) is 0 Å². The summed E-state index contributed by atoms with van der Waals surface area (Å²) in [4.78, 5) is 34.5. The molecule has 0 aromatic heterocycles. The van der Waals surface area contributed by atoms with Crippen molar-refractivity contribution in [2.24, 2.45) is 11.7 Å². The Kier molecular flexibility index (Phi) is 5.99. The first-order valence-electron chi connectivity index (χ1n) is 5.98. The minimum absolute atomic E-state index is 0.0293. The van der Waals surface area contributed by atoms with E-state index in [1.165, 1.54) is 18.2 Å². The van der Waals surface area contributed by atoms with Crippen LogP contribution < -0.4 is 11.1 Å². The molecule has 0 saturated heterocycles. The fourth-order valence-corrected chi connectivity index (χ4v) is 1.88. The standard InChI is InChI=1S/C13H14Cl2N2O4/c1-6(2)10(11(18)17-13(16)20)21-12(19)8-5-7(14)3-4-9(8)15/h3-6,10H,1-2H3,(H3,16,17,18,20)/t10-/m1/s1. The second-order valence-corrected chi connectivity index (χ2v) is 5.39. The molecule has 0 saturated carbocycles. The molecule has 0 heterocycles. The first-order valence-corrected chi connectivity index (χ1v) is 6.74. The number of primary amides is 1. The van der Waals surface area contributed by atoms with E-state index in [4.69, 9.17) is 33.7 Å². The Balaban J connectivity index is 2.93. The molecule has 1 rings (SSSR count). The van der Waals surface area contributed by atoms with Crippen LogP contribution in [0, 0.1) is 5.92 Å². The molecule has 1 aromatic carbocycles. The van der Waals surface area contributed by atoms with Crippen molar-refractivity contribution in [1.82, 2.24) is 5.32 Å². The highest BCUT2D eigenvalue weighted by atomic mass is 35.5. The van der Waals surface area contributed by atoms with Gasteiger partial charge in [-0.25, -0.2) is 9.59 Å². The number of urea groups is 1. The molecule has 8 heteroatoms. The zero-order valence-corrected chi connectivity index (χ0v) is 12.9. The summed E-state index contributed by atoms with van der Waals surface area (Å²) in [5, 5.41) is 2.31. The van der Waals surface area contributed by atoms with Crippen LogP contribution in [-0.2, 0) is 9.53 Å². The Bertz CT molecular complexity index is 575. The monoisotopic (exact) mass is 332 g/mol. The topological polar surface area (TPSA) is 98.5 Å². The van der Waals surface area contributed by atoms with Gasteiger partial charge < -0.3 is 10.5 Å². The summed E-state index contributed by atoms with van der Waals surface area (Å²) in [5.41, 5.74) is 4.90. The molecule has 1 atom stereocenters. The van der Waals surface area contributed by atoms with Crippen LogP contribution in [0.3, 0.4) is 0 Å². The number of nitrogens with two attached hydrogens (primary N) is 1. The Morgan fingerprint density at radius 2 is 1.86 bits per heavy atom. The minimum atomic E-state index is -1.18. The number of ether oxygens (including phenoxy) is 1. The molecule has 3 amide bonds. The molecule has 3 N–H and O–H groups in total. The number of rotatable bonds is 4. The van der Waals surface area contributed by atoms with Gasteiger partial charge in [0.25, 0.3) is 5.91 Å². The van der Waals surface area contributed by atoms with Crippen molar-refractivity contribution in [2.75, 3.05) is 0 Å². The fraction of sp³-hybridized carbons (Fsp3) is 0.308. The lowest BCUT2D eigenvalue weighted by molar-refractivity contribution is -0.130. The van der Waals surface area contributed by atoms with Crippen LogP contribution in [-0.4, -0.2) is 24.0 Å². The molecular formula is C13H14Cl2N2O4. The van der Waals surface area contributed by atoms with Gasteiger partial charge in [-0.1, -0.05) is 37.0 Å². The van der Waals surface area contributed by atoms with Crippen LogP contribution in [0.2, 0.25) is 10.0 Å². The van der Waals surface area contributed by atoms with Crippen molar-refractivity contribution >= 4 is 41.1 Å². The number of carbonyl (C=O) groups is 3. The SMILES string of the molecule is CC(C)[C@@H](OC(=O)c1cc(Cl)ccc1Cl)C(=O)NC(N)=O. The smallest absolute Gasteiger partial charge is 0.340 e. The van der Waals surface area contributed by atoms with Gasteiger partial charge in [0.05, 0.1) is 10.6 Å². The molecule has 0 aliphatic carbocycles. The molecule has 0 spiro atoms. The van der Waals surface area contributed by atoms with Crippen LogP contribution >= 0.6 is 23.2 Å². The third-order valence-corrected chi connectivity index (χ3v) is 3.06. The van der Waals surface area contributed by atoms with Gasteiger partial charge in [-0.15, -0.1) is 0 Å². The lowest BCUT2D eigenvalue weighted by Crippen LogP contribution is -2.45. The molecule has 6 nitrogen and oxygen atoms in total. The van der Waals surface area contributed by atoms with E-state index in [1.807, 2.05) is 5.32 Å². The summed E-state index contributed by atoms with van der Waals surface area (Å²) >= 11 is 11.7. The molecule has 0 bridgehead atoms. The normalized spacial score (nSPS) is 11.9. The quantitative estimate of drug-likeness (QED) is 0.827. The number of esters is 1. The summed E-state index contributed by atoms with van der Waals surface area (Å²) < 4.78 is 5.09. The van der Waals surface area contributed by atoms with Gasteiger partial charge in [-0.3, -0.25) is 10.1 Å². The lowest BCUT2D eigenvalue weighted by atomic mass is 10.1. The van der Waals surface area contributed by atoms with E-state index >= 15 is 0 Å². The molecule has 0 aliphatic heterocycles. The number of carbonyl (C=O) groups excluding carboxylic acids is 3. The van der Waals surface area contributed by atoms with Gasteiger partial charge in [-0.2, -0.15) is 0 Å². The maximum Gasteiger partial charge on any atom is 0.340 e. The average molecular weight is 333 g/mol. The number of hydrogen-bond acceptors (Lipinski definition) is 4. The number of amides is 3. The van der Waals surface area contributed by atoms with E-state index in [9.17, 15) is 14.4 Å². The van der Waals surface area contributed by atoms with Gasteiger partial charge in [-0.05, 0) is 24.1 Å². The zero-order valence-electron chi connectivity index (χ0n) is 11.4. The third kappa shape index (κ3) is 4.91. The number of nitrogens with one attached hydrogen (secondary N) is 1. The van der Waals surface area contributed by atoms with Crippen molar-refractivity contribution in [3.63, 3.8) is 0 Å². The molecule has 114 valence electrons. The van der Waals surface area contributed by atoms with Crippen LogP contribution in [0.5, 0.6) is 0 Å². The van der Waals surface area contributed by atoms with E-state index in [2.05, 4.69) is 0 Å². The fourth-order valence-electron chi connectivity index (χ4n) is 1.52. The van der Waals surface area contributed by atoms with Crippen molar-refractivity contribution in [3.05, 3.63) is 33.8 Å². The highest BCUT2D eigenvalue weighted by molar-refractivity contribution is 6.35. The highest BCUT2D eigenvalue weighted by Crippen LogP contribution is 2.22. The number of imide groups is 1. The van der Waals surface area contributed by atoms with E-state index < -0.39 is 24.0 Å². The second-order valence-electron chi connectivity index (χ2n) is 4.55. The minimum Gasteiger partial charge on any atom is -0.448 e. The summed E-state index contributed by atoms with van der Waals surface area (Å²) in [6.45, 7) is 3.30. The largest absolute Gasteiger partial charge is 0.448 e. The molecule has 1 aromatic rings. The molecular weight excluding hydrogens is 319 g/mol. The number of benzene rings is 1. The first-order chi connectivity index (χ1) is 9.72. The number of hydrogen-bond donors (Lipinski definition) is 2. The van der Waals surface area contributed by atoms with Crippen LogP contribution in [0.4, 0.5) is 4.79 Å². The predicted octanol–water partition coefficient (Wildman–Crippen LogP) is 2.37. The van der Waals surface area contributed by atoms with Gasteiger partial charge in [0.15, 0.2) is 6.10 Å². The lowest BCUT2D eigenvalue weighted by Gasteiger charge is -2.20. The third-order valence-electron chi connectivity index (χ3n) is 2.49. The summed E-state index contributed by atoms with van der Waals surface area (Å²) in [6.07, 6.45) is -1.18. The molecule has 0 radical (unpaired) electrons. The van der Waals surface area contributed by atoms with Crippen LogP contribution in [0.25, 0.3) is 0 Å². The Morgan fingerprint density at radius 1 is 1.24 bits per heavy atom. The molecule has 0 unspecified atom stereocenters. The van der Waals surface area contributed by atoms with Gasteiger partial charge in [0.1, 0.15) is 0 Å². The molecule has 0 aliphatic rings. The summed E-state index contributed by atoms with van der Waals surface area (Å²) in [6, 6.07) is 3.26. The van der Waals surface area contributed by atoms with Gasteiger partial charge in [0, 0.05) is 5.02 Å². The van der Waals surface area contributed by atoms with Crippen molar-refractivity contribution in [2.45, 2.75) is 20.0 Å². The van der Waals surface area contributed by atoms with Crippen molar-refractivity contribution in [1.29, 1.82) is 0 Å². The van der Waals surface area contributed by atoms with E-state index in [0.717, 1.165) is 0 Å². The summed E-state index contributed by atoms with van der Waals surface area (Å²) in [5.74, 6) is -1.99. The Labute approximate surface area is 131 Å². The maximum atomic E-state index is 12.1. The van der Waals surface area contributed by atoms with E-state index in [-0.39, 0.29) is 16.5 Å².